The van der Waals surface area contributed by atoms with E-state index in [2.05, 4.69) is 39.0 Å². The monoisotopic (exact) mass is 220 g/mol. The molecule has 1 aliphatic carbocycles. The molecule has 0 fully saturated rings. The number of benzene rings is 1. The fourth-order valence-corrected chi connectivity index (χ4v) is 2.52. The number of rotatable bonds is 2. The van der Waals surface area contributed by atoms with E-state index in [0.717, 1.165) is 6.42 Å². The van der Waals surface area contributed by atoms with E-state index < -0.39 is 0 Å². The van der Waals surface area contributed by atoms with Gasteiger partial charge < -0.3 is 0 Å². The number of hydrogen-bond donors (Lipinski definition) is 0. The third kappa shape index (κ3) is 1.72. The Balaban J connectivity index is 2.58. The van der Waals surface area contributed by atoms with Crippen molar-refractivity contribution in [3.8, 4) is 0 Å². The van der Waals surface area contributed by atoms with Crippen LogP contribution in [0.2, 0.25) is 0 Å². The molecule has 1 aromatic carbocycles. The van der Waals surface area contributed by atoms with Crippen LogP contribution in [0.5, 0.6) is 0 Å². The van der Waals surface area contributed by atoms with Gasteiger partial charge in [-0.15, -0.1) is 11.6 Å². The van der Waals surface area contributed by atoms with E-state index in [4.69, 9.17) is 11.6 Å². The fourth-order valence-electron chi connectivity index (χ4n) is 2.35. The lowest BCUT2D eigenvalue weighted by molar-refractivity contribution is 0.868. The smallest absolute Gasteiger partial charge is 0.0289 e. The molecule has 0 saturated carbocycles. The number of hydrogen-bond acceptors (Lipinski definition) is 0. The highest BCUT2D eigenvalue weighted by Crippen LogP contribution is 2.36. The average Bonchev–Trinajstić information content (AvgIpc) is 2.62. The van der Waals surface area contributed by atoms with E-state index in [1.54, 1.807) is 0 Å². The lowest BCUT2D eigenvalue weighted by atomic mass is 9.90. The second kappa shape index (κ2) is 4.02. The number of alkyl halides is 1. The molecule has 1 heteroatoms. The van der Waals surface area contributed by atoms with E-state index in [1.807, 2.05) is 0 Å². The highest BCUT2D eigenvalue weighted by molar-refractivity contribution is 6.18. The van der Waals surface area contributed by atoms with Crippen molar-refractivity contribution < 1.29 is 0 Å². The zero-order valence-corrected chi connectivity index (χ0v) is 10.4. The van der Waals surface area contributed by atoms with E-state index in [0.29, 0.717) is 11.8 Å². The molecule has 2 rings (SSSR count). The summed E-state index contributed by atoms with van der Waals surface area (Å²) >= 11 is 5.96. The van der Waals surface area contributed by atoms with Crippen LogP contribution < -0.4 is 0 Å². The maximum absolute atomic E-state index is 5.96. The van der Waals surface area contributed by atoms with Gasteiger partial charge in [0.1, 0.15) is 0 Å². The van der Waals surface area contributed by atoms with Gasteiger partial charge in [-0.3, -0.25) is 0 Å². The van der Waals surface area contributed by atoms with Crippen LogP contribution in [0.15, 0.2) is 18.2 Å². The average molecular weight is 221 g/mol. The van der Waals surface area contributed by atoms with Gasteiger partial charge in [0.15, 0.2) is 0 Å². The van der Waals surface area contributed by atoms with Crippen LogP contribution >= 0.6 is 11.6 Å². The molecule has 0 spiro atoms. The Morgan fingerprint density at radius 1 is 1.33 bits per heavy atom. The predicted molar refractivity (Wildman–Crippen MR) is 67.7 cm³/mol. The van der Waals surface area contributed by atoms with Crippen molar-refractivity contribution in [2.24, 2.45) is 0 Å². The van der Waals surface area contributed by atoms with Gasteiger partial charge in [-0.2, -0.15) is 0 Å². The van der Waals surface area contributed by atoms with Crippen LogP contribution in [0.25, 0.3) is 5.57 Å². The molecule has 1 aliphatic rings. The lowest BCUT2D eigenvalue weighted by Gasteiger charge is -2.16. The first-order valence-corrected chi connectivity index (χ1v) is 6.04. The molecule has 0 radical (unpaired) electrons. The third-order valence-corrected chi connectivity index (χ3v) is 3.81. The van der Waals surface area contributed by atoms with Crippen LogP contribution in [0, 0.1) is 6.92 Å². The molecule has 0 amide bonds. The molecule has 0 N–H and O–H groups in total. The van der Waals surface area contributed by atoms with E-state index >= 15 is 0 Å². The summed E-state index contributed by atoms with van der Waals surface area (Å²) in [6.45, 7) is 6.60. The highest BCUT2D eigenvalue weighted by atomic mass is 35.5. The summed E-state index contributed by atoms with van der Waals surface area (Å²) in [6.07, 6.45) is 3.41. The minimum Gasteiger partial charge on any atom is -0.126 e. The first-order chi connectivity index (χ1) is 7.15. The number of allylic oxidation sites excluding steroid dienone is 2. The third-order valence-electron chi connectivity index (χ3n) is 3.35. The first kappa shape index (κ1) is 10.8. The molecule has 15 heavy (non-hydrogen) atoms. The van der Waals surface area contributed by atoms with Crippen LogP contribution in [0.4, 0.5) is 0 Å². The Labute approximate surface area is 97.0 Å². The molecular formula is C14H17Cl. The first-order valence-electron chi connectivity index (χ1n) is 5.50. The summed E-state index contributed by atoms with van der Waals surface area (Å²) in [5.41, 5.74) is 7.20. The number of aryl methyl sites for hydroxylation is 1. The molecule has 0 bridgehead atoms. The topological polar surface area (TPSA) is 0 Å². The quantitative estimate of drug-likeness (QED) is 0.652. The van der Waals surface area contributed by atoms with Crippen LogP contribution in [-0.2, 0) is 6.42 Å². The van der Waals surface area contributed by atoms with Gasteiger partial charge in [0.2, 0.25) is 0 Å². The molecule has 0 aliphatic heterocycles. The van der Waals surface area contributed by atoms with Crippen molar-refractivity contribution in [1.82, 2.24) is 0 Å². The highest BCUT2D eigenvalue weighted by Gasteiger charge is 2.19. The van der Waals surface area contributed by atoms with Crippen molar-refractivity contribution in [1.29, 1.82) is 0 Å². The van der Waals surface area contributed by atoms with Gasteiger partial charge in [-0.05, 0) is 54.0 Å². The van der Waals surface area contributed by atoms with E-state index in [1.165, 1.54) is 27.8 Å². The second-order valence-electron chi connectivity index (χ2n) is 4.47. The molecule has 0 saturated heterocycles. The molecule has 0 aromatic heterocycles. The zero-order valence-electron chi connectivity index (χ0n) is 9.60. The summed E-state index contributed by atoms with van der Waals surface area (Å²) in [7, 11) is 0. The van der Waals surface area contributed by atoms with Crippen molar-refractivity contribution in [3.05, 3.63) is 40.5 Å². The van der Waals surface area contributed by atoms with Gasteiger partial charge in [0.25, 0.3) is 0 Å². The minimum absolute atomic E-state index is 0.447. The summed E-state index contributed by atoms with van der Waals surface area (Å²) in [6, 6.07) is 4.47. The normalized spacial score (nSPS) is 16.1. The minimum atomic E-state index is 0.447. The molecule has 0 nitrogen and oxygen atoms in total. The Kier molecular flexibility index (Phi) is 2.88. The predicted octanol–water partition coefficient (Wildman–Crippen LogP) is 4.30. The molecule has 1 atom stereocenters. The maximum atomic E-state index is 5.96. The second-order valence-corrected chi connectivity index (χ2v) is 4.78. The Morgan fingerprint density at radius 3 is 2.73 bits per heavy atom. The summed E-state index contributed by atoms with van der Waals surface area (Å²) < 4.78 is 0. The van der Waals surface area contributed by atoms with Crippen molar-refractivity contribution >= 4 is 17.2 Å². The summed E-state index contributed by atoms with van der Waals surface area (Å²) in [5.74, 6) is 1.14. The molecule has 1 aromatic rings. The summed E-state index contributed by atoms with van der Waals surface area (Å²) in [5, 5.41) is 0. The SMILES string of the molecule is CC1=CCc2c(C)ccc(C(C)CCl)c21. The van der Waals surface area contributed by atoms with Gasteiger partial charge in [0.05, 0.1) is 0 Å². The number of fused-ring (bicyclic) bond motifs is 1. The molecule has 80 valence electrons. The molecular weight excluding hydrogens is 204 g/mol. The van der Waals surface area contributed by atoms with E-state index in [9.17, 15) is 0 Å². The van der Waals surface area contributed by atoms with Gasteiger partial charge in [-0.25, -0.2) is 0 Å². The standard InChI is InChI=1S/C14H17Cl/c1-9-4-6-13(11(3)8-15)14-10(2)5-7-12(9)14/h4-6,11H,7-8H2,1-3H3. The van der Waals surface area contributed by atoms with Crippen molar-refractivity contribution in [2.75, 3.05) is 5.88 Å². The van der Waals surface area contributed by atoms with Gasteiger partial charge >= 0.3 is 0 Å². The Bertz CT molecular complexity index is 416. The Morgan fingerprint density at radius 2 is 2.07 bits per heavy atom. The van der Waals surface area contributed by atoms with Crippen molar-refractivity contribution in [2.45, 2.75) is 33.1 Å². The van der Waals surface area contributed by atoms with Gasteiger partial charge in [0, 0.05) is 5.88 Å². The zero-order chi connectivity index (χ0) is 11.0. The largest absolute Gasteiger partial charge is 0.126 e. The fraction of sp³-hybridized carbons (Fsp3) is 0.429. The van der Waals surface area contributed by atoms with Crippen LogP contribution in [0.1, 0.15) is 42.0 Å². The lowest BCUT2D eigenvalue weighted by Crippen LogP contribution is -2.02. The van der Waals surface area contributed by atoms with E-state index in [-0.39, 0.29) is 0 Å². The molecule has 0 heterocycles. The van der Waals surface area contributed by atoms with Gasteiger partial charge in [-0.1, -0.05) is 25.1 Å². The Hall–Kier alpha value is -0.750. The molecule has 1 unspecified atom stereocenters. The number of halogens is 1. The maximum Gasteiger partial charge on any atom is 0.0289 e. The van der Waals surface area contributed by atoms with Crippen molar-refractivity contribution in [3.63, 3.8) is 0 Å². The van der Waals surface area contributed by atoms with Crippen LogP contribution in [0.3, 0.4) is 0 Å². The van der Waals surface area contributed by atoms with Crippen LogP contribution in [-0.4, -0.2) is 5.88 Å². The summed E-state index contributed by atoms with van der Waals surface area (Å²) in [4.78, 5) is 0.